The van der Waals surface area contributed by atoms with Crippen LogP contribution in [-0.2, 0) is 22.6 Å². The molecule has 1 aromatic carbocycles. The van der Waals surface area contributed by atoms with Crippen LogP contribution in [0.4, 0.5) is 15.2 Å². The summed E-state index contributed by atoms with van der Waals surface area (Å²) in [5.74, 6) is -0.340. The second-order valence-corrected chi connectivity index (χ2v) is 8.67. The van der Waals surface area contributed by atoms with Crippen molar-refractivity contribution < 1.29 is 14.0 Å². The van der Waals surface area contributed by atoms with Crippen LogP contribution in [0.2, 0.25) is 0 Å². The zero-order valence-corrected chi connectivity index (χ0v) is 18.6. The van der Waals surface area contributed by atoms with Gasteiger partial charge in [0.15, 0.2) is 10.3 Å². The summed E-state index contributed by atoms with van der Waals surface area (Å²) in [5, 5.41) is 14.7. The third-order valence-corrected chi connectivity index (χ3v) is 6.11. The Morgan fingerprint density at radius 2 is 1.94 bits per heavy atom. The molecule has 3 aromatic rings. The number of nitrogens with one attached hydrogen (secondary N) is 2. The monoisotopic (exact) mass is 460 g/mol. The highest BCUT2D eigenvalue weighted by Gasteiger charge is 2.17. The first kappa shape index (κ1) is 22.6. The number of thiazole rings is 1. The van der Waals surface area contributed by atoms with Crippen LogP contribution < -0.4 is 10.6 Å². The summed E-state index contributed by atoms with van der Waals surface area (Å²) in [4.78, 5) is 29.9. The number of anilines is 2. The molecule has 0 bridgehead atoms. The molecule has 3 rings (SSSR count). The van der Waals surface area contributed by atoms with Crippen LogP contribution in [0.3, 0.4) is 0 Å². The molecule has 162 valence electrons. The third kappa shape index (κ3) is 6.22. The number of nitrogens with zero attached hydrogens (tertiary/aromatic N) is 4. The predicted octanol–water partition coefficient (Wildman–Crippen LogP) is 3.59. The number of aromatic nitrogens is 4. The molecule has 0 atom stereocenters. The van der Waals surface area contributed by atoms with Crippen molar-refractivity contribution >= 4 is 45.7 Å². The molecule has 11 heteroatoms. The van der Waals surface area contributed by atoms with Crippen molar-refractivity contribution in [3.05, 3.63) is 59.1 Å². The van der Waals surface area contributed by atoms with Gasteiger partial charge in [-0.1, -0.05) is 17.8 Å². The molecule has 2 N–H and O–H groups in total. The van der Waals surface area contributed by atoms with E-state index in [-0.39, 0.29) is 29.8 Å². The number of hydrogen-bond donors (Lipinski definition) is 2. The molecule has 8 nitrogen and oxygen atoms in total. The van der Waals surface area contributed by atoms with Gasteiger partial charge < -0.3 is 15.2 Å². The highest BCUT2D eigenvalue weighted by atomic mass is 32.2. The molecular formula is C20H21FN6O2S2. The largest absolute Gasteiger partial charge is 0.326 e. The summed E-state index contributed by atoms with van der Waals surface area (Å²) in [5.41, 5.74) is 1.38. The van der Waals surface area contributed by atoms with E-state index in [1.54, 1.807) is 10.6 Å². The molecule has 0 aliphatic carbocycles. The van der Waals surface area contributed by atoms with Gasteiger partial charge in [0.05, 0.1) is 17.9 Å². The molecule has 2 amide bonds. The number of amides is 2. The van der Waals surface area contributed by atoms with Gasteiger partial charge in [-0.25, -0.2) is 9.37 Å². The van der Waals surface area contributed by atoms with Crippen molar-refractivity contribution in [2.75, 3.05) is 16.4 Å². The Hall–Kier alpha value is -3.05. The predicted molar refractivity (Wildman–Crippen MR) is 120 cm³/mol. The second-order valence-electron chi connectivity index (χ2n) is 6.53. The summed E-state index contributed by atoms with van der Waals surface area (Å²) in [7, 11) is 0. The minimum Gasteiger partial charge on any atom is -0.326 e. The van der Waals surface area contributed by atoms with Crippen molar-refractivity contribution in [1.82, 2.24) is 19.7 Å². The van der Waals surface area contributed by atoms with E-state index in [9.17, 15) is 14.0 Å². The van der Waals surface area contributed by atoms with Crippen molar-refractivity contribution in [3.8, 4) is 0 Å². The minimum atomic E-state index is -0.380. The van der Waals surface area contributed by atoms with Gasteiger partial charge in [0.1, 0.15) is 11.6 Å². The fourth-order valence-corrected chi connectivity index (χ4v) is 4.16. The van der Waals surface area contributed by atoms with Crippen molar-refractivity contribution in [2.24, 2.45) is 0 Å². The number of halogens is 1. The van der Waals surface area contributed by atoms with Gasteiger partial charge in [-0.15, -0.1) is 28.1 Å². The molecule has 0 saturated heterocycles. The molecular weight excluding hydrogens is 439 g/mol. The molecule has 2 heterocycles. The van der Waals surface area contributed by atoms with E-state index in [2.05, 4.69) is 32.4 Å². The van der Waals surface area contributed by atoms with Crippen LogP contribution in [0, 0.1) is 19.7 Å². The quantitative estimate of drug-likeness (QED) is 0.374. The fraction of sp³-hybridized carbons (Fsp3) is 0.250. The lowest BCUT2D eigenvalue weighted by Crippen LogP contribution is -2.18. The highest BCUT2D eigenvalue weighted by molar-refractivity contribution is 7.99. The van der Waals surface area contributed by atoms with E-state index in [1.165, 1.54) is 47.4 Å². The third-order valence-electron chi connectivity index (χ3n) is 4.16. The van der Waals surface area contributed by atoms with Crippen molar-refractivity contribution in [2.45, 2.75) is 32.0 Å². The first-order valence-electron chi connectivity index (χ1n) is 9.30. The Morgan fingerprint density at radius 1 is 1.19 bits per heavy atom. The Kier molecular flexibility index (Phi) is 7.53. The molecule has 0 aliphatic heterocycles. The maximum Gasteiger partial charge on any atom is 0.236 e. The van der Waals surface area contributed by atoms with Gasteiger partial charge in [-0.3, -0.25) is 9.59 Å². The molecule has 0 unspecified atom stereocenters. The lowest BCUT2D eigenvalue weighted by Gasteiger charge is -2.08. The van der Waals surface area contributed by atoms with Crippen molar-refractivity contribution in [1.29, 1.82) is 0 Å². The molecule has 0 radical (unpaired) electrons. The first-order valence-corrected chi connectivity index (χ1v) is 11.1. The smallest absolute Gasteiger partial charge is 0.236 e. The number of thioether (sulfide) groups is 1. The number of rotatable bonds is 9. The minimum absolute atomic E-state index is 0.0252. The number of carbonyl (C=O) groups excluding carboxylic acids is 2. The summed E-state index contributed by atoms with van der Waals surface area (Å²) in [6.45, 7) is 7.95. The normalized spacial score (nSPS) is 10.7. The molecule has 2 aromatic heterocycles. The SMILES string of the molecule is C=CCn1c(CC(=O)Nc2ccc(F)cc2)nnc1SCC(=O)Nc1nc(C)c(C)s1. The van der Waals surface area contributed by atoms with Gasteiger partial charge in [0.2, 0.25) is 11.8 Å². The first-order chi connectivity index (χ1) is 14.9. The summed E-state index contributed by atoms with van der Waals surface area (Å²) in [6, 6.07) is 5.49. The molecule has 31 heavy (non-hydrogen) atoms. The van der Waals surface area contributed by atoms with Crippen LogP contribution >= 0.6 is 23.1 Å². The maximum absolute atomic E-state index is 13.0. The number of allylic oxidation sites excluding steroid dienone is 1. The zero-order valence-electron chi connectivity index (χ0n) is 17.0. The average molecular weight is 461 g/mol. The average Bonchev–Trinajstić information content (AvgIpc) is 3.24. The lowest BCUT2D eigenvalue weighted by atomic mass is 10.3. The Balaban J connectivity index is 1.61. The summed E-state index contributed by atoms with van der Waals surface area (Å²) >= 11 is 2.64. The molecule has 0 aliphatic rings. The summed E-state index contributed by atoms with van der Waals surface area (Å²) in [6.07, 6.45) is 1.64. The Morgan fingerprint density at radius 3 is 2.58 bits per heavy atom. The van der Waals surface area contributed by atoms with Gasteiger partial charge in [-0.2, -0.15) is 0 Å². The Labute approximate surface area is 187 Å². The van der Waals surface area contributed by atoms with Gasteiger partial charge in [0, 0.05) is 17.1 Å². The van der Waals surface area contributed by atoms with Crippen molar-refractivity contribution in [3.63, 3.8) is 0 Å². The lowest BCUT2D eigenvalue weighted by molar-refractivity contribution is -0.116. The topological polar surface area (TPSA) is 102 Å². The van der Waals surface area contributed by atoms with Gasteiger partial charge in [0.25, 0.3) is 0 Å². The van der Waals surface area contributed by atoms with E-state index in [0.29, 0.717) is 28.3 Å². The van der Waals surface area contributed by atoms with E-state index in [0.717, 1.165) is 10.6 Å². The van der Waals surface area contributed by atoms with Crippen LogP contribution in [0.15, 0.2) is 42.1 Å². The molecule has 0 saturated carbocycles. The van der Waals surface area contributed by atoms with E-state index < -0.39 is 0 Å². The second kappa shape index (κ2) is 10.3. The number of aryl methyl sites for hydroxylation is 2. The van der Waals surface area contributed by atoms with Crippen LogP contribution in [0.25, 0.3) is 0 Å². The van der Waals surface area contributed by atoms with Gasteiger partial charge in [-0.05, 0) is 38.1 Å². The number of hydrogen-bond acceptors (Lipinski definition) is 7. The van der Waals surface area contributed by atoms with E-state index in [1.807, 2.05) is 13.8 Å². The van der Waals surface area contributed by atoms with E-state index in [4.69, 9.17) is 0 Å². The van der Waals surface area contributed by atoms with Gasteiger partial charge >= 0.3 is 0 Å². The molecule has 0 fully saturated rings. The maximum atomic E-state index is 13.0. The number of carbonyl (C=O) groups is 2. The Bertz CT molecular complexity index is 1070. The summed E-state index contributed by atoms with van der Waals surface area (Å²) < 4.78 is 14.7. The van der Waals surface area contributed by atoms with Crippen LogP contribution in [-0.4, -0.2) is 37.3 Å². The van der Waals surface area contributed by atoms with Crippen LogP contribution in [0.1, 0.15) is 16.4 Å². The fourth-order valence-electron chi connectivity index (χ4n) is 2.56. The molecule has 0 spiro atoms. The number of benzene rings is 1. The standard InChI is InChI=1S/C20H21FN6O2S2/c1-4-9-27-16(10-17(28)23-15-7-5-14(21)6-8-15)25-26-20(27)30-11-18(29)24-19-22-12(2)13(3)31-19/h4-8H,1,9-11H2,2-3H3,(H,23,28)(H,22,24,29). The van der Waals surface area contributed by atoms with E-state index >= 15 is 0 Å². The zero-order chi connectivity index (χ0) is 22.4. The van der Waals surface area contributed by atoms with Crippen LogP contribution in [0.5, 0.6) is 0 Å². The highest BCUT2D eigenvalue weighted by Crippen LogP contribution is 2.22.